The van der Waals surface area contributed by atoms with Crippen molar-refractivity contribution in [1.29, 1.82) is 0 Å². The minimum atomic E-state index is -0.673. The van der Waals surface area contributed by atoms with Crippen LogP contribution in [0.25, 0.3) is 5.69 Å². The van der Waals surface area contributed by atoms with Crippen molar-refractivity contribution in [3.05, 3.63) is 63.3 Å². The fraction of sp³-hybridized carbons (Fsp3) is 0.188. The summed E-state index contributed by atoms with van der Waals surface area (Å²) < 4.78 is 14.3. The molecule has 128 valence electrons. The Morgan fingerprint density at radius 3 is 2.56 bits per heavy atom. The Hall–Kier alpha value is -2.94. The summed E-state index contributed by atoms with van der Waals surface area (Å²) in [5, 5.41) is 15.5. The van der Waals surface area contributed by atoms with Crippen molar-refractivity contribution in [2.75, 3.05) is 5.32 Å². The third kappa shape index (κ3) is 3.77. The Morgan fingerprint density at radius 1 is 1.20 bits per heavy atom. The molecule has 0 unspecified atom stereocenters. The van der Waals surface area contributed by atoms with E-state index in [9.17, 15) is 14.0 Å². The molecule has 0 saturated heterocycles. The fourth-order valence-corrected chi connectivity index (χ4v) is 2.72. The lowest BCUT2D eigenvalue weighted by molar-refractivity contribution is 0.101. The average Bonchev–Trinajstić information content (AvgIpc) is 3.05. The van der Waals surface area contributed by atoms with Crippen molar-refractivity contribution >= 4 is 22.4 Å². The molecule has 0 atom stereocenters. The van der Waals surface area contributed by atoms with Gasteiger partial charge in [-0.1, -0.05) is 25.2 Å². The SMILES string of the molecule is CC(C)c1nnc(NC(=O)c2nn(-c3ccc(F)cc3)ccc2=O)s1. The fourth-order valence-electron chi connectivity index (χ4n) is 1.98. The molecule has 1 aromatic carbocycles. The molecule has 1 amide bonds. The van der Waals surface area contributed by atoms with E-state index in [0.29, 0.717) is 10.8 Å². The van der Waals surface area contributed by atoms with Crippen LogP contribution in [-0.2, 0) is 0 Å². The summed E-state index contributed by atoms with van der Waals surface area (Å²) in [6.07, 6.45) is 1.41. The predicted octanol–water partition coefficient (Wildman–Crippen LogP) is 2.60. The molecule has 0 aliphatic heterocycles. The zero-order valence-corrected chi connectivity index (χ0v) is 14.2. The van der Waals surface area contributed by atoms with Gasteiger partial charge in [-0.2, -0.15) is 5.10 Å². The van der Waals surface area contributed by atoms with E-state index in [4.69, 9.17) is 0 Å². The van der Waals surface area contributed by atoms with Crippen molar-refractivity contribution in [1.82, 2.24) is 20.0 Å². The molecule has 1 N–H and O–H groups in total. The van der Waals surface area contributed by atoms with Gasteiger partial charge in [0.1, 0.15) is 10.8 Å². The number of nitrogens with one attached hydrogen (secondary N) is 1. The number of aromatic nitrogens is 4. The smallest absolute Gasteiger partial charge is 0.282 e. The number of amides is 1. The minimum absolute atomic E-state index is 0.189. The van der Waals surface area contributed by atoms with Crippen LogP contribution < -0.4 is 10.7 Å². The average molecular weight is 359 g/mol. The van der Waals surface area contributed by atoms with Crippen LogP contribution in [0.1, 0.15) is 35.3 Å². The van der Waals surface area contributed by atoms with Crippen molar-refractivity contribution in [2.45, 2.75) is 19.8 Å². The highest BCUT2D eigenvalue weighted by Gasteiger charge is 2.16. The third-order valence-corrected chi connectivity index (χ3v) is 4.41. The summed E-state index contributed by atoms with van der Waals surface area (Å²) in [5.41, 5.74) is -0.286. The maximum Gasteiger partial charge on any atom is 0.282 e. The quantitative estimate of drug-likeness (QED) is 0.773. The largest absolute Gasteiger partial charge is 0.295 e. The lowest BCUT2D eigenvalue weighted by Gasteiger charge is -2.07. The van der Waals surface area contributed by atoms with Gasteiger partial charge in [-0.05, 0) is 24.3 Å². The van der Waals surface area contributed by atoms with Crippen molar-refractivity contribution in [3.8, 4) is 5.69 Å². The van der Waals surface area contributed by atoms with Gasteiger partial charge in [0.05, 0.1) is 5.69 Å². The summed E-state index contributed by atoms with van der Waals surface area (Å²) in [7, 11) is 0. The van der Waals surface area contributed by atoms with Crippen LogP contribution in [0, 0.1) is 5.82 Å². The molecule has 0 fully saturated rings. The number of anilines is 1. The molecule has 3 aromatic rings. The number of carbonyl (C=O) groups is 1. The molecule has 3 rings (SSSR count). The Kier molecular flexibility index (Phi) is 4.66. The van der Waals surface area contributed by atoms with Crippen LogP contribution in [0.15, 0.2) is 41.3 Å². The van der Waals surface area contributed by atoms with Gasteiger partial charge in [-0.3, -0.25) is 14.9 Å². The first-order valence-electron chi connectivity index (χ1n) is 7.44. The minimum Gasteiger partial charge on any atom is -0.295 e. The Balaban J connectivity index is 1.87. The number of rotatable bonds is 4. The van der Waals surface area contributed by atoms with Crippen LogP contribution >= 0.6 is 11.3 Å². The first-order chi connectivity index (χ1) is 11.9. The highest BCUT2D eigenvalue weighted by atomic mass is 32.1. The molecule has 2 heterocycles. The van der Waals surface area contributed by atoms with Gasteiger partial charge in [-0.15, -0.1) is 10.2 Å². The number of hydrogen-bond donors (Lipinski definition) is 1. The number of halogens is 1. The normalized spacial score (nSPS) is 10.9. The first kappa shape index (κ1) is 16.9. The summed E-state index contributed by atoms with van der Waals surface area (Å²) in [6, 6.07) is 6.75. The third-order valence-electron chi connectivity index (χ3n) is 3.27. The van der Waals surface area contributed by atoms with E-state index in [0.717, 1.165) is 5.01 Å². The summed E-state index contributed by atoms with van der Waals surface area (Å²) in [6.45, 7) is 3.93. The van der Waals surface area contributed by atoms with Crippen LogP contribution in [0.4, 0.5) is 9.52 Å². The Bertz CT molecular complexity index is 965. The van der Waals surface area contributed by atoms with Crippen molar-refractivity contribution < 1.29 is 9.18 Å². The zero-order chi connectivity index (χ0) is 18.0. The van der Waals surface area contributed by atoms with Crippen LogP contribution in [0.2, 0.25) is 0 Å². The standard InChI is InChI=1S/C16H14FN5O2S/c1-9(2)15-19-20-16(25-15)18-14(24)13-12(23)7-8-22(21-13)11-5-3-10(17)4-6-11/h3-9H,1-2H3,(H,18,20,24). The molecular weight excluding hydrogens is 345 g/mol. The van der Waals surface area contributed by atoms with Gasteiger partial charge in [-0.25, -0.2) is 9.07 Å². The molecule has 0 saturated carbocycles. The number of carbonyl (C=O) groups excluding carboxylic acids is 1. The van der Waals surface area contributed by atoms with E-state index in [1.54, 1.807) is 0 Å². The van der Waals surface area contributed by atoms with Gasteiger partial charge < -0.3 is 0 Å². The van der Waals surface area contributed by atoms with Crippen molar-refractivity contribution in [2.24, 2.45) is 0 Å². The lowest BCUT2D eigenvalue weighted by atomic mass is 10.2. The van der Waals surface area contributed by atoms with E-state index in [2.05, 4.69) is 20.6 Å². The van der Waals surface area contributed by atoms with E-state index in [1.165, 1.54) is 52.5 Å². The second kappa shape index (κ2) is 6.89. The van der Waals surface area contributed by atoms with Gasteiger partial charge in [0.25, 0.3) is 5.91 Å². The van der Waals surface area contributed by atoms with E-state index in [1.807, 2.05) is 13.8 Å². The first-order valence-corrected chi connectivity index (χ1v) is 8.26. The summed E-state index contributed by atoms with van der Waals surface area (Å²) in [4.78, 5) is 24.3. The maximum atomic E-state index is 13.0. The molecule has 7 nitrogen and oxygen atoms in total. The monoisotopic (exact) mass is 359 g/mol. The molecule has 0 radical (unpaired) electrons. The Morgan fingerprint density at radius 2 is 1.92 bits per heavy atom. The predicted molar refractivity (Wildman–Crippen MR) is 91.7 cm³/mol. The van der Waals surface area contributed by atoms with Crippen LogP contribution in [0.5, 0.6) is 0 Å². The lowest BCUT2D eigenvalue weighted by Crippen LogP contribution is -2.25. The molecule has 0 spiro atoms. The topological polar surface area (TPSA) is 89.8 Å². The molecule has 2 aromatic heterocycles. The number of nitrogens with zero attached hydrogens (tertiary/aromatic N) is 4. The van der Waals surface area contributed by atoms with Gasteiger partial charge >= 0.3 is 0 Å². The number of benzene rings is 1. The molecule has 0 aliphatic rings. The molecule has 25 heavy (non-hydrogen) atoms. The molecule has 0 bridgehead atoms. The molecule has 9 heteroatoms. The summed E-state index contributed by atoms with van der Waals surface area (Å²) >= 11 is 1.24. The van der Waals surface area contributed by atoms with Gasteiger partial charge in [0.2, 0.25) is 10.6 Å². The molecule has 0 aliphatic carbocycles. The van der Waals surface area contributed by atoms with Gasteiger partial charge in [0.15, 0.2) is 5.69 Å². The molecular formula is C16H14FN5O2S. The van der Waals surface area contributed by atoms with Gasteiger partial charge in [0, 0.05) is 18.2 Å². The highest BCUT2D eigenvalue weighted by Crippen LogP contribution is 2.22. The second-order valence-electron chi connectivity index (χ2n) is 5.50. The highest BCUT2D eigenvalue weighted by molar-refractivity contribution is 7.15. The van der Waals surface area contributed by atoms with Crippen molar-refractivity contribution in [3.63, 3.8) is 0 Å². The summed E-state index contributed by atoms with van der Waals surface area (Å²) in [5.74, 6) is -0.874. The van der Waals surface area contributed by atoms with Crippen LogP contribution in [-0.4, -0.2) is 25.9 Å². The second-order valence-corrected chi connectivity index (χ2v) is 6.51. The number of hydrogen-bond acceptors (Lipinski definition) is 6. The van der Waals surface area contributed by atoms with E-state index < -0.39 is 11.3 Å². The Labute approximate surface area is 146 Å². The maximum absolute atomic E-state index is 13.0. The van der Waals surface area contributed by atoms with E-state index in [-0.39, 0.29) is 17.4 Å². The van der Waals surface area contributed by atoms with E-state index >= 15 is 0 Å². The zero-order valence-electron chi connectivity index (χ0n) is 13.4. The van der Waals surface area contributed by atoms with Crippen LogP contribution in [0.3, 0.4) is 0 Å².